The molecule has 1 aromatic rings. The number of hydrogen-bond acceptors (Lipinski definition) is 3. The average molecular weight is 273 g/mol. The van der Waals surface area contributed by atoms with Gasteiger partial charge >= 0.3 is 0 Å². The van der Waals surface area contributed by atoms with E-state index in [1.807, 2.05) is 6.92 Å². The molecule has 0 fully saturated rings. The smallest absolute Gasteiger partial charge is 0.136 e. The van der Waals surface area contributed by atoms with Gasteiger partial charge in [-0.3, -0.25) is 0 Å². The second-order valence-electron chi connectivity index (χ2n) is 4.78. The molecule has 1 unspecified atom stereocenters. The second-order valence-corrected chi connectivity index (χ2v) is 6.15. The van der Waals surface area contributed by atoms with Crippen molar-refractivity contribution in [1.29, 1.82) is 0 Å². The van der Waals surface area contributed by atoms with Gasteiger partial charge in [-0.05, 0) is 12.8 Å². The first kappa shape index (κ1) is 14.8. The summed E-state index contributed by atoms with van der Waals surface area (Å²) >= 11 is 7.94. The van der Waals surface area contributed by atoms with Gasteiger partial charge in [0.15, 0.2) is 0 Å². The number of halogens is 1. The zero-order valence-electron chi connectivity index (χ0n) is 11.2. The molecule has 1 aromatic heterocycles. The van der Waals surface area contributed by atoms with Crippen molar-refractivity contribution in [1.82, 2.24) is 9.97 Å². The standard InChI is InChI=1S/C13H21ClN2S/c1-6-9(4)7-17-13-10(5)11(14)15-12(16-13)8(2)3/h8-9H,6-7H2,1-5H3. The normalized spacial score (nSPS) is 13.1. The zero-order valence-corrected chi connectivity index (χ0v) is 12.8. The van der Waals surface area contributed by atoms with E-state index in [1.165, 1.54) is 6.42 Å². The van der Waals surface area contributed by atoms with E-state index < -0.39 is 0 Å². The minimum absolute atomic E-state index is 0.316. The Morgan fingerprint density at radius 2 is 1.88 bits per heavy atom. The third kappa shape index (κ3) is 4.14. The maximum atomic E-state index is 6.15. The van der Waals surface area contributed by atoms with Crippen LogP contribution in [0.5, 0.6) is 0 Å². The number of hydrogen-bond donors (Lipinski definition) is 0. The molecule has 2 nitrogen and oxygen atoms in total. The van der Waals surface area contributed by atoms with Gasteiger partial charge in [-0.25, -0.2) is 9.97 Å². The van der Waals surface area contributed by atoms with Crippen molar-refractivity contribution in [3.63, 3.8) is 0 Å². The van der Waals surface area contributed by atoms with Crippen LogP contribution in [0.3, 0.4) is 0 Å². The van der Waals surface area contributed by atoms with Crippen LogP contribution in [0, 0.1) is 12.8 Å². The van der Waals surface area contributed by atoms with Gasteiger partial charge in [-0.2, -0.15) is 0 Å². The number of aromatic nitrogens is 2. The third-order valence-electron chi connectivity index (χ3n) is 2.78. The molecule has 1 rings (SSSR count). The first-order valence-corrected chi connectivity index (χ1v) is 7.48. The van der Waals surface area contributed by atoms with E-state index in [2.05, 4.69) is 37.7 Å². The molecular formula is C13H21ClN2S. The van der Waals surface area contributed by atoms with Crippen LogP contribution in [0.2, 0.25) is 5.15 Å². The Labute approximate surface area is 114 Å². The quantitative estimate of drug-likeness (QED) is 0.574. The van der Waals surface area contributed by atoms with Crippen LogP contribution < -0.4 is 0 Å². The fourth-order valence-electron chi connectivity index (χ4n) is 1.22. The molecule has 1 heterocycles. The van der Waals surface area contributed by atoms with Crippen molar-refractivity contribution < 1.29 is 0 Å². The van der Waals surface area contributed by atoms with Crippen LogP contribution in [0.25, 0.3) is 0 Å². The van der Waals surface area contributed by atoms with Crippen molar-refractivity contribution in [3.8, 4) is 0 Å². The van der Waals surface area contributed by atoms with Crippen molar-refractivity contribution in [2.45, 2.75) is 52.0 Å². The second kappa shape index (κ2) is 6.60. The monoisotopic (exact) mass is 272 g/mol. The molecule has 17 heavy (non-hydrogen) atoms. The maximum absolute atomic E-state index is 6.15. The lowest BCUT2D eigenvalue weighted by molar-refractivity contribution is 0.636. The number of thioether (sulfide) groups is 1. The van der Waals surface area contributed by atoms with Crippen molar-refractivity contribution >= 4 is 23.4 Å². The largest absolute Gasteiger partial charge is 0.226 e. The highest BCUT2D eigenvalue weighted by Gasteiger charge is 2.13. The Hall–Kier alpha value is -0.280. The molecule has 0 radical (unpaired) electrons. The van der Waals surface area contributed by atoms with Crippen molar-refractivity contribution in [2.75, 3.05) is 5.75 Å². The molecule has 1 atom stereocenters. The van der Waals surface area contributed by atoms with Crippen molar-refractivity contribution in [2.24, 2.45) is 5.92 Å². The summed E-state index contributed by atoms with van der Waals surface area (Å²) in [5.41, 5.74) is 1.00. The molecule has 96 valence electrons. The third-order valence-corrected chi connectivity index (χ3v) is 4.55. The van der Waals surface area contributed by atoms with Crippen LogP contribution in [-0.4, -0.2) is 15.7 Å². The summed E-state index contributed by atoms with van der Waals surface area (Å²) < 4.78 is 0. The Morgan fingerprint density at radius 3 is 2.41 bits per heavy atom. The van der Waals surface area contributed by atoms with Gasteiger partial charge in [0.2, 0.25) is 0 Å². The fraction of sp³-hybridized carbons (Fsp3) is 0.692. The number of nitrogens with zero attached hydrogens (tertiary/aromatic N) is 2. The van der Waals surface area contributed by atoms with E-state index in [9.17, 15) is 0 Å². The highest BCUT2D eigenvalue weighted by atomic mass is 35.5. The van der Waals surface area contributed by atoms with E-state index in [0.29, 0.717) is 17.0 Å². The molecule has 0 aliphatic heterocycles. The van der Waals surface area contributed by atoms with Crippen LogP contribution in [-0.2, 0) is 0 Å². The van der Waals surface area contributed by atoms with Crippen LogP contribution in [0.4, 0.5) is 0 Å². The summed E-state index contributed by atoms with van der Waals surface area (Å²) in [4.78, 5) is 8.93. The Kier molecular flexibility index (Phi) is 5.74. The molecule has 4 heteroatoms. The molecule has 0 N–H and O–H groups in total. The van der Waals surface area contributed by atoms with Gasteiger partial charge in [0.05, 0.1) is 0 Å². The topological polar surface area (TPSA) is 25.8 Å². The van der Waals surface area contributed by atoms with Crippen LogP contribution >= 0.6 is 23.4 Å². The molecule has 0 amide bonds. The predicted molar refractivity (Wildman–Crippen MR) is 76.0 cm³/mol. The van der Waals surface area contributed by atoms with E-state index in [0.717, 1.165) is 22.2 Å². The SMILES string of the molecule is CCC(C)CSc1nc(C(C)C)nc(Cl)c1C. The van der Waals surface area contributed by atoms with Gasteiger partial charge < -0.3 is 0 Å². The zero-order chi connectivity index (χ0) is 13.0. The maximum Gasteiger partial charge on any atom is 0.136 e. The molecule has 0 aliphatic carbocycles. The molecule has 0 saturated carbocycles. The fourth-order valence-corrected chi connectivity index (χ4v) is 2.60. The summed E-state index contributed by atoms with van der Waals surface area (Å²) in [6.45, 7) is 10.6. The number of rotatable bonds is 5. The first-order chi connectivity index (χ1) is 7.95. The van der Waals surface area contributed by atoms with E-state index in [1.54, 1.807) is 11.8 Å². The summed E-state index contributed by atoms with van der Waals surface area (Å²) in [5, 5.41) is 1.63. The first-order valence-electron chi connectivity index (χ1n) is 6.12. The molecule has 0 aromatic carbocycles. The van der Waals surface area contributed by atoms with E-state index in [4.69, 9.17) is 11.6 Å². The average Bonchev–Trinajstić information content (AvgIpc) is 2.30. The highest BCUT2D eigenvalue weighted by Crippen LogP contribution is 2.28. The van der Waals surface area contributed by atoms with E-state index in [-0.39, 0.29) is 0 Å². The van der Waals surface area contributed by atoms with Gasteiger partial charge in [0.1, 0.15) is 16.0 Å². The minimum atomic E-state index is 0.316. The lowest BCUT2D eigenvalue weighted by atomic mass is 10.2. The lowest BCUT2D eigenvalue weighted by Crippen LogP contribution is -2.03. The Morgan fingerprint density at radius 1 is 1.24 bits per heavy atom. The van der Waals surface area contributed by atoms with Gasteiger partial charge in [0.25, 0.3) is 0 Å². The summed E-state index contributed by atoms with van der Waals surface area (Å²) in [6.07, 6.45) is 1.20. The highest BCUT2D eigenvalue weighted by molar-refractivity contribution is 7.99. The van der Waals surface area contributed by atoms with E-state index >= 15 is 0 Å². The Bertz CT molecular complexity index is 380. The van der Waals surface area contributed by atoms with Crippen LogP contribution in [0.1, 0.15) is 51.4 Å². The Balaban J connectivity index is 2.90. The molecule has 0 spiro atoms. The van der Waals surface area contributed by atoms with Crippen LogP contribution in [0.15, 0.2) is 5.03 Å². The van der Waals surface area contributed by atoms with Gasteiger partial charge in [-0.1, -0.05) is 45.7 Å². The van der Waals surface area contributed by atoms with Crippen molar-refractivity contribution in [3.05, 3.63) is 16.5 Å². The lowest BCUT2D eigenvalue weighted by Gasteiger charge is -2.12. The molecule has 0 bridgehead atoms. The summed E-state index contributed by atoms with van der Waals surface area (Å²) in [5.74, 6) is 2.95. The summed E-state index contributed by atoms with van der Waals surface area (Å²) in [7, 11) is 0. The molecular weight excluding hydrogens is 252 g/mol. The molecule has 0 aliphatic rings. The predicted octanol–water partition coefficient (Wildman–Crippen LogP) is 4.70. The minimum Gasteiger partial charge on any atom is -0.226 e. The van der Waals surface area contributed by atoms with Gasteiger partial charge in [0, 0.05) is 17.2 Å². The molecule has 0 saturated heterocycles. The summed E-state index contributed by atoms with van der Waals surface area (Å²) in [6, 6.07) is 0. The van der Waals surface area contributed by atoms with Gasteiger partial charge in [-0.15, -0.1) is 11.8 Å².